The zero-order valence-electron chi connectivity index (χ0n) is 11.5. The number of nitrogen functional groups attached to an aromatic ring is 1. The van der Waals surface area contributed by atoms with Crippen molar-refractivity contribution in [2.75, 3.05) is 31.9 Å². The molecule has 1 amide bonds. The van der Waals surface area contributed by atoms with Crippen LogP contribution in [0, 0.1) is 5.92 Å². The standard InChI is InChI=1S/C13H23N5O/c1-10-3-7-18(8-4-10)6-2-5-15-13(19)11-9-12(14)17-16-11/h9-10H,2-8H2,1H3,(H,15,19)(H3,14,16,17). The number of amides is 1. The number of hydrogen-bond donors (Lipinski definition) is 3. The molecule has 6 nitrogen and oxygen atoms in total. The number of rotatable bonds is 5. The molecule has 4 N–H and O–H groups in total. The topological polar surface area (TPSA) is 87.0 Å². The van der Waals surface area contributed by atoms with E-state index in [1.165, 1.54) is 25.9 Å². The minimum atomic E-state index is -0.142. The fraction of sp³-hybridized carbons (Fsp3) is 0.692. The molecule has 0 saturated carbocycles. The van der Waals surface area contributed by atoms with Crippen LogP contribution in [0.25, 0.3) is 0 Å². The number of carbonyl (C=O) groups is 1. The number of anilines is 1. The maximum absolute atomic E-state index is 11.7. The highest BCUT2D eigenvalue weighted by molar-refractivity contribution is 5.92. The number of H-pyrrole nitrogens is 1. The second kappa shape index (κ2) is 6.56. The zero-order valence-corrected chi connectivity index (χ0v) is 11.5. The SMILES string of the molecule is CC1CCN(CCCNC(=O)c2cc(N)n[nH]2)CC1. The predicted molar refractivity (Wildman–Crippen MR) is 74.8 cm³/mol. The van der Waals surface area contributed by atoms with Crippen molar-refractivity contribution in [3.63, 3.8) is 0 Å². The molecular formula is C13H23N5O. The van der Waals surface area contributed by atoms with Gasteiger partial charge >= 0.3 is 0 Å². The Morgan fingerprint density at radius 1 is 1.58 bits per heavy atom. The summed E-state index contributed by atoms with van der Waals surface area (Å²) < 4.78 is 0. The Hall–Kier alpha value is -1.56. The highest BCUT2D eigenvalue weighted by Crippen LogP contribution is 2.15. The molecule has 0 aliphatic carbocycles. The van der Waals surface area contributed by atoms with Crippen molar-refractivity contribution in [1.29, 1.82) is 0 Å². The van der Waals surface area contributed by atoms with Crippen LogP contribution in [0.3, 0.4) is 0 Å². The van der Waals surface area contributed by atoms with Crippen molar-refractivity contribution in [1.82, 2.24) is 20.4 Å². The molecule has 1 saturated heterocycles. The van der Waals surface area contributed by atoms with E-state index >= 15 is 0 Å². The molecule has 0 atom stereocenters. The molecule has 1 aliphatic rings. The van der Waals surface area contributed by atoms with Crippen LogP contribution in [0.5, 0.6) is 0 Å². The van der Waals surface area contributed by atoms with Crippen LogP contribution in [-0.2, 0) is 0 Å². The Morgan fingerprint density at radius 3 is 2.95 bits per heavy atom. The predicted octanol–water partition coefficient (Wildman–Crippen LogP) is 0.844. The Bertz CT molecular complexity index is 409. The van der Waals surface area contributed by atoms with Gasteiger partial charge < -0.3 is 16.0 Å². The van der Waals surface area contributed by atoms with Crippen molar-refractivity contribution < 1.29 is 4.79 Å². The van der Waals surface area contributed by atoms with Gasteiger partial charge in [-0.1, -0.05) is 6.92 Å². The molecule has 0 spiro atoms. The lowest BCUT2D eigenvalue weighted by atomic mass is 9.99. The van der Waals surface area contributed by atoms with Gasteiger partial charge in [-0.15, -0.1) is 0 Å². The average Bonchev–Trinajstić information content (AvgIpc) is 2.83. The van der Waals surface area contributed by atoms with Crippen LogP contribution in [-0.4, -0.2) is 47.2 Å². The number of nitrogens with two attached hydrogens (primary N) is 1. The van der Waals surface area contributed by atoms with E-state index in [-0.39, 0.29) is 5.91 Å². The summed E-state index contributed by atoms with van der Waals surface area (Å²) in [5, 5.41) is 9.20. The van der Waals surface area contributed by atoms with Crippen molar-refractivity contribution >= 4 is 11.7 Å². The molecule has 2 heterocycles. The van der Waals surface area contributed by atoms with Crippen LogP contribution in [0.15, 0.2) is 6.07 Å². The molecule has 0 radical (unpaired) electrons. The van der Waals surface area contributed by atoms with E-state index in [0.717, 1.165) is 18.9 Å². The Morgan fingerprint density at radius 2 is 2.32 bits per heavy atom. The van der Waals surface area contributed by atoms with Crippen LogP contribution in [0.4, 0.5) is 5.82 Å². The molecule has 1 fully saturated rings. The first kappa shape index (κ1) is 13.9. The number of nitrogens with zero attached hydrogens (tertiary/aromatic N) is 2. The molecular weight excluding hydrogens is 242 g/mol. The first-order valence-corrected chi connectivity index (χ1v) is 6.96. The van der Waals surface area contributed by atoms with Gasteiger partial charge in [0.2, 0.25) is 0 Å². The third-order valence-electron chi connectivity index (χ3n) is 3.66. The smallest absolute Gasteiger partial charge is 0.269 e. The largest absolute Gasteiger partial charge is 0.382 e. The molecule has 0 bridgehead atoms. The fourth-order valence-corrected chi connectivity index (χ4v) is 2.34. The Labute approximate surface area is 113 Å². The number of likely N-dealkylation sites (tertiary alicyclic amines) is 1. The van der Waals surface area contributed by atoms with Gasteiger partial charge in [0, 0.05) is 12.6 Å². The molecule has 2 rings (SSSR count). The van der Waals surface area contributed by atoms with Gasteiger partial charge in [0.25, 0.3) is 5.91 Å². The van der Waals surface area contributed by atoms with Crippen LogP contribution in [0.2, 0.25) is 0 Å². The quantitative estimate of drug-likeness (QED) is 0.689. The van der Waals surface area contributed by atoms with Gasteiger partial charge in [0.05, 0.1) is 0 Å². The molecule has 1 aromatic rings. The second-order valence-electron chi connectivity index (χ2n) is 5.34. The van der Waals surface area contributed by atoms with E-state index in [0.29, 0.717) is 18.1 Å². The molecule has 19 heavy (non-hydrogen) atoms. The minimum Gasteiger partial charge on any atom is -0.382 e. The number of aromatic amines is 1. The highest BCUT2D eigenvalue weighted by atomic mass is 16.1. The summed E-state index contributed by atoms with van der Waals surface area (Å²) >= 11 is 0. The third kappa shape index (κ3) is 4.24. The van der Waals surface area contributed by atoms with E-state index < -0.39 is 0 Å². The summed E-state index contributed by atoms with van der Waals surface area (Å²) in [4.78, 5) is 14.2. The average molecular weight is 265 g/mol. The zero-order chi connectivity index (χ0) is 13.7. The number of hydrogen-bond acceptors (Lipinski definition) is 4. The summed E-state index contributed by atoms with van der Waals surface area (Å²) in [5.41, 5.74) is 5.87. The molecule has 1 aliphatic heterocycles. The number of carbonyl (C=O) groups excluding carboxylic acids is 1. The lowest BCUT2D eigenvalue weighted by molar-refractivity contribution is 0.0945. The summed E-state index contributed by atoms with van der Waals surface area (Å²) in [6.07, 6.45) is 3.56. The summed E-state index contributed by atoms with van der Waals surface area (Å²) in [7, 11) is 0. The maximum Gasteiger partial charge on any atom is 0.269 e. The van der Waals surface area contributed by atoms with E-state index in [2.05, 4.69) is 27.3 Å². The van der Waals surface area contributed by atoms with Crippen LogP contribution in [0.1, 0.15) is 36.7 Å². The lowest BCUT2D eigenvalue weighted by Crippen LogP contribution is -2.35. The molecule has 106 valence electrons. The van der Waals surface area contributed by atoms with Gasteiger partial charge in [-0.3, -0.25) is 9.89 Å². The lowest BCUT2D eigenvalue weighted by Gasteiger charge is -2.30. The van der Waals surface area contributed by atoms with Crippen molar-refractivity contribution in [3.05, 3.63) is 11.8 Å². The van der Waals surface area contributed by atoms with E-state index in [1.54, 1.807) is 6.07 Å². The Balaban J connectivity index is 1.60. The van der Waals surface area contributed by atoms with E-state index in [4.69, 9.17) is 5.73 Å². The van der Waals surface area contributed by atoms with E-state index in [9.17, 15) is 4.79 Å². The fourth-order valence-electron chi connectivity index (χ4n) is 2.34. The molecule has 6 heteroatoms. The van der Waals surface area contributed by atoms with Crippen molar-refractivity contribution in [2.45, 2.75) is 26.2 Å². The first-order valence-electron chi connectivity index (χ1n) is 6.96. The van der Waals surface area contributed by atoms with Gasteiger partial charge in [0.15, 0.2) is 0 Å². The van der Waals surface area contributed by atoms with Crippen molar-refractivity contribution in [3.8, 4) is 0 Å². The summed E-state index contributed by atoms with van der Waals surface area (Å²) in [6, 6.07) is 1.54. The first-order chi connectivity index (χ1) is 9.15. The summed E-state index contributed by atoms with van der Waals surface area (Å²) in [6.45, 7) is 6.42. The molecule has 0 aromatic carbocycles. The van der Waals surface area contributed by atoms with Gasteiger partial charge in [-0.05, 0) is 44.8 Å². The highest BCUT2D eigenvalue weighted by Gasteiger charge is 2.15. The molecule has 0 unspecified atom stereocenters. The minimum absolute atomic E-state index is 0.142. The third-order valence-corrected chi connectivity index (χ3v) is 3.66. The van der Waals surface area contributed by atoms with Crippen LogP contribution >= 0.6 is 0 Å². The molecule has 1 aromatic heterocycles. The second-order valence-corrected chi connectivity index (χ2v) is 5.34. The normalized spacial score (nSPS) is 17.5. The maximum atomic E-state index is 11.7. The van der Waals surface area contributed by atoms with Gasteiger partial charge in [0.1, 0.15) is 11.5 Å². The van der Waals surface area contributed by atoms with E-state index in [1.807, 2.05) is 0 Å². The monoisotopic (exact) mass is 265 g/mol. The van der Waals surface area contributed by atoms with Crippen molar-refractivity contribution in [2.24, 2.45) is 5.92 Å². The number of aromatic nitrogens is 2. The Kier molecular flexibility index (Phi) is 4.79. The van der Waals surface area contributed by atoms with Crippen LogP contribution < -0.4 is 11.1 Å². The summed E-state index contributed by atoms with van der Waals surface area (Å²) in [5.74, 6) is 1.06. The van der Waals surface area contributed by atoms with Gasteiger partial charge in [-0.2, -0.15) is 5.10 Å². The number of piperidine rings is 1. The number of nitrogens with one attached hydrogen (secondary N) is 2. The van der Waals surface area contributed by atoms with Gasteiger partial charge in [-0.25, -0.2) is 0 Å².